The molecule has 0 saturated carbocycles. The molecule has 0 radical (unpaired) electrons. The Labute approximate surface area is 129 Å². The average Bonchev–Trinajstić information content (AvgIpc) is 3.09. The van der Waals surface area contributed by atoms with Crippen molar-refractivity contribution in [1.82, 2.24) is 10.2 Å². The standard InChI is InChI=1S/C15H22N2O3S/c1-3-20-15(19)12-6-4-8-17(12)10-14(18)16-11(2)13-7-5-9-21-13/h5,7,9,11-12H,3-4,6,8,10H2,1-2H3,(H,16,18). The fourth-order valence-electron chi connectivity index (χ4n) is 2.60. The van der Waals surface area contributed by atoms with Crippen LogP contribution in [0.5, 0.6) is 0 Å². The van der Waals surface area contributed by atoms with Crippen LogP contribution in [0.1, 0.15) is 37.6 Å². The van der Waals surface area contributed by atoms with E-state index in [-0.39, 0.29) is 30.5 Å². The smallest absolute Gasteiger partial charge is 0.323 e. The van der Waals surface area contributed by atoms with E-state index in [9.17, 15) is 9.59 Å². The normalized spacial score (nSPS) is 20.2. The zero-order valence-corrected chi connectivity index (χ0v) is 13.3. The van der Waals surface area contributed by atoms with Crippen LogP contribution >= 0.6 is 11.3 Å². The summed E-state index contributed by atoms with van der Waals surface area (Å²) >= 11 is 1.63. The summed E-state index contributed by atoms with van der Waals surface area (Å²) in [4.78, 5) is 27.0. The quantitative estimate of drug-likeness (QED) is 0.816. The maximum absolute atomic E-state index is 12.1. The van der Waals surface area contributed by atoms with Gasteiger partial charge in [-0.3, -0.25) is 14.5 Å². The summed E-state index contributed by atoms with van der Waals surface area (Å²) in [6.07, 6.45) is 1.70. The minimum Gasteiger partial charge on any atom is -0.465 e. The molecule has 5 nitrogen and oxygen atoms in total. The van der Waals surface area contributed by atoms with E-state index < -0.39 is 0 Å². The first kappa shape index (κ1) is 16.0. The van der Waals surface area contributed by atoms with Crippen LogP contribution in [0.25, 0.3) is 0 Å². The van der Waals surface area contributed by atoms with Crippen molar-refractivity contribution in [2.24, 2.45) is 0 Å². The highest BCUT2D eigenvalue weighted by Gasteiger charge is 2.33. The largest absolute Gasteiger partial charge is 0.465 e. The highest BCUT2D eigenvalue weighted by molar-refractivity contribution is 7.10. The summed E-state index contributed by atoms with van der Waals surface area (Å²) in [5.41, 5.74) is 0. The van der Waals surface area contributed by atoms with Crippen molar-refractivity contribution in [2.45, 2.75) is 38.8 Å². The van der Waals surface area contributed by atoms with Crippen LogP contribution in [0.3, 0.4) is 0 Å². The van der Waals surface area contributed by atoms with Crippen LogP contribution in [0, 0.1) is 0 Å². The van der Waals surface area contributed by atoms with Crippen LogP contribution in [0.2, 0.25) is 0 Å². The molecule has 1 aliphatic rings. The molecule has 1 saturated heterocycles. The number of hydrogen-bond acceptors (Lipinski definition) is 5. The van der Waals surface area contributed by atoms with Crippen LogP contribution in [-0.4, -0.2) is 42.5 Å². The molecule has 0 aliphatic carbocycles. The van der Waals surface area contributed by atoms with Gasteiger partial charge in [-0.1, -0.05) is 6.07 Å². The van der Waals surface area contributed by atoms with Gasteiger partial charge in [0.1, 0.15) is 6.04 Å². The highest BCUT2D eigenvalue weighted by Crippen LogP contribution is 2.20. The summed E-state index contributed by atoms with van der Waals surface area (Å²) in [6.45, 7) is 5.16. The van der Waals surface area contributed by atoms with Crippen molar-refractivity contribution in [3.8, 4) is 0 Å². The van der Waals surface area contributed by atoms with E-state index in [1.807, 2.05) is 29.3 Å². The molecule has 21 heavy (non-hydrogen) atoms. The second-order valence-corrected chi connectivity index (χ2v) is 6.16. The summed E-state index contributed by atoms with van der Waals surface area (Å²) < 4.78 is 5.07. The van der Waals surface area contributed by atoms with Gasteiger partial charge in [-0.2, -0.15) is 0 Å². The number of esters is 1. The summed E-state index contributed by atoms with van der Waals surface area (Å²) in [7, 11) is 0. The lowest BCUT2D eigenvalue weighted by Gasteiger charge is -2.23. The molecule has 1 amide bonds. The maximum Gasteiger partial charge on any atom is 0.323 e. The molecule has 2 atom stereocenters. The first-order chi connectivity index (χ1) is 10.1. The van der Waals surface area contributed by atoms with E-state index in [0.29, 0.717) is 6.61 Å². The van der Waals surface area contributed by atoms with Crippen LogP contribution in [-0.2, 0) is 14.3 Å². The Balaban J connectivity index is 1.85. The SMILES string of the molecule is CCOC(=O)C1CCCN1CC(=O)NC(C)c1cccs1. The first-order valence-electron chi connectivity index (χ1n) is 7.35. The maximum atomic E-state index is 12.1. The Morgan fingerprint density at radius 1 is 1.57 bits per heavy atom. The molecule has 116 valence electrons. The minimum absolute atomic E-state index is 0.00106. The van der Waals surface area contributed by atoms with Gasteiger partial charge in [-0.25, -0.2) is 0 Å². The van der Waals surface area contributed by atoms with Crippen molar-refractivity contribution in [2.75, 3.05) is 19.7 Å². The molecule has 2 rings (SSSR count). The number of carbonyl (C=O) groups is 2. The van der Waals surface area contributed by atoms with Gasteiger partial charge in [-0.15, -0.1) is 11.3 Å². The second kappa shape index (κ2) is 7.56. The Morgan fingerprint density at radius 2 is 2.38 bits per heavy atom. The monoisotopic (exact) mass is 310 g/mol. The number of hydrogen-bond donors (Lipinski definition) is 1. The van der Waals surface area contributed by atoms with Crippen LogP contribution < -0.4 is 5.32 Å². The Hall–Kier alpha value is -1.40. The van der Waals surface area contributed by atoms with Crippen molar-refractivity contribution < 1.29 is 14.3 Å². The topological polar surface area (TPSA) is 58.6 Å². The second-order valence-electron chi connectivity index (χ2n) is 5.19. The minimum atomic E-state index is -0.271. The molecule has 1 aromatic heterocycles. The highest BCUT2D eigenvalue weighted by atomic mass is 32.1. The number of likely N-dealkylation sites (tertiary alicyclic amines) is 1. The molecular weight excluding hydrogens is 288 g/mol. The number of nitrogens with zero attached hydrogens (tertiary/aromatic N) is 1. The summed E-state index contributed by atoms with van der Waals surface area (Å²) in [5.74, 6) is -0.263. The molecule has 1 N–H and O–H groups in total. The van der Waals surface area contributed by atoms with Gasteiger partial charge in [0.25, 0.3) is 0 Å². The number of rotatable bonds is 6. The molecule has 0 bridgehead atoms. The van der Waals surface area contributed by atoms with Gasteiger partial charge in [-0.05, 0) is 44.7 Å². The van der Waals surface area contributed by atoms with Gasteiger partial charge in [0.05, 0.1) is 19.2 Å². The van der Waals surface area contributed by atoms with E-state index in [2.05, 4.69) is 5.32 Å². The zero-order chi connectivity index (χ0) is 15.2. The number of ether oxygens (including phenoxy) is 1. The molecule has 2 heterocycles. The third kappa shape index (κ3) is 4.28. The average molecular weight is 310 g/mol. The Bertz CT molecular complexity index is 475. The van der Waals surface area contributed by atoms with Gasteiger partial charge in [0.2, 0.25) is 5.91 Å². The number of carbonyl (C=O) groups excluding carboxylic acids is 2. The molecule has 1 fully saturated rings. The van der Waals surface area contributed by atoms with E-state index in [1.54, 1.807) is 18.3 Å². The molecule has 0 spiro atoms. The predicted molar refractivity (Wildman–Crippen MR) is 82.1 cm³/mol. The lowest BCUT2D eigenvalue weighted by atomic mass is 10.2. The molecule has 1 aromatic rings. The number of nitrogens with one attached hydrogen (secondary N) is 1. The number of amides is 1. The third-order valence-electron chi connectivity index (χ3n) is 3.62. The van der Waals surface area contributed by atoms with Gasteiger partial charge >= 0.3 is 5.97 Å². The van der Waals surface area contributed by atoms with E-state index in [1.165, 1.54) is 0 Å². The summed E-state index contributed by atoms with van der Waals surface area (Å²) in [6, 6.07) is 3.71. The van der Waals surface area contributed by atoms with Crippen LogP contribution in [0.4, 0.5) is 0 Å². The molecule has 0 aromatic carbocycles. The number of thiophene rings is 1. The fourth-order valence-corrected chi connectivity index (χ4v) is 3.34. The van der Waals surface area contributed by atoms with Gasteiger partial charge < -0.3 is 10.1 Å². The lowest BCUT2D eigenvalue weighted by molar-refractivity contribution is -0.148. The van der Waals surface area contributed by atoms with Gasteiger partial charge in [0.15, 0.2) is 0 Å². The third-order valence-corrected chi connectivity index (χ3v) is 4.67. The lowest BCUT2D eigenvalue weighted by Crippen LogP contribution is -2.44. The Kier molecular flexibility index (Phi) is 5.76. The predicted octanol–water partition coefficient (Wildman–Crippen LogP) is 1.95. The van der Waals surface area contributed by atoms with Gasteiger partial charge in [0, 0.05) is 4.88 Å². The molecular formula is C15H22N2O3S. The van der Waals surface area contributed by atoms with Crippen molar-refractivity contribution in [3.05, 3.63) is 22.4 Å². The summed E-state index contributed by atoms with van der Waals surface area (Å²) in [5, 5.41) is 4.97. The van der Waals surface area contributed by atoms with Crippen LogP contribution in [0.15, 0.2) is 17.5 Å². The Morgan fingerprint density at radius 3 is 3.05 bits per heavy atom. The van der Waals surface area contributed by atoms with Crippen molar-refractivity contribution in [1.29, 1.82) is 0 Å². The van der Waals surface area contributed by atoms with E-state index >= 15 is 0 Å². The molecule has 1 aliphatic heterocycles. The fraction of sp³-hybridized carbons (Fsp3) is 0.600. The molecule has 2 unspecified atom stereocenters. The van der Waals surface area contributed by atoms with Crippen molar-refractivity contribution in [3.63, 3.8) is 0 Å². The first-order valence-corrected chi connectivity index (χ1v) is 8.23. The van der Waals surface area contributed by atoms with E-state index in [4.69, 9.17) is 4.74 Å². The van der Waals surface area contributed by atoms with Crippen molar-refractivity contribution >= 4 is 23.2 Å². The zero-order valence-electron chi connectivity index (χ0n) is 12.5. The van der Waals surface area contributed by atoms with E-state index in [0.717, 1.165) is 24.3 Å². The molecule has 6 heteroatoms.